The monoisotopic (exact) mass is 284 g/mol. The molecule has 1 aromatic heterocycles. The summed E-state index contributed by atoms with van der Waals surface area (Å²) in [5.74, 6) is -0.339. The van der Waals surface area contributed by atoms with Gasteiger partial charge >= 0.3 is 12.6 Å². The SMILES string of the molecule is CC(C)(C)OC(=O)N1Cc2nc(C#N)n(C(F)F)c2C1. The molecule has 2 rings (SSSR count). The maximum Gasteiger partial charge on any atom is 0.410 e. The number of rotatable bonds is 1. The molecule has 0 unspecified atom stereocenters. The van der Waals surface area contributed by atoms with Crippen molar-refractivity contribution in [3.63, 3.8) is 0 Å². The lowest BCUT2D eigenvalue weighted by atomic mass is 10.2. The number of alkyl halides is 2. The van der Waals surface area contributed by atoms with Crippen LogP contribution >= 0.6 is 0 Å². The van der Waals surface area contributed by atoms with Gasteiger partial charge in [-0.25, -0.2) is 9.78 Å². The fraction of sp³-hybridized carbons (Fsp3) is 0.583. The van der Waals surface area contributed by atoms with E-state index in [2.05, 4.69) is 4.98 Å². The molecule has 1 aliphatic rings. The van der Waals surface area contributed by atoms with Crippen LogP contribution in [0.3, 0.4) is 0 Å². The van der Waals surface area contributed by atoms with Crippen molar-refractivity contribution in [2.75, 3.05) is 0 Å². The first kappa shape index (κ1) is 14.2. The number of hydrogen-bond acceptors (Lipinski definition) is 4. The number of halogens is 2. The lowest BCUT2D eigenvalue weighted by Gasteiger charge is -2.24. The molecule has 1 amide bonds. The number of amides is 1. The Balaban J connectivity index is 2.21. The quantitative estimate of drug-likeness (QED) is 0.794. The molecule has 0 aromatic carbocycles. The summed E-state index contributed by atoms with van der Waals surface area (Å²) in [5.41, 5.74) is -0.164. The molecule has 108 valence electrons. The van der Waals surface area contributed by atoms with Crippen LogP contribution in [-0.4, -0.2) is 26.1 Å². The van der Waals surface area contributed by atoms with E-state index in [-0.39, 0.29) is 24.6 Å². The van der Waals surface area contributed by atoms with E-state index in [4.69, 9.17) is 10.00 Å². The lowest BCUT2D eigenvalue weighted by molar-refractivity contribution is 0.0222. The second-order valence-corrected chi connectivity index (χ2v) is 5.42. The number of imidazole rings is 1. The van der Waals surface area contributed by atoms with Crippen molar-refractivity contribution in [3.8, 4) is 6.07 Å². The highest BCUT2D eigenvalue weighted by Gasteiger charge is 2.34. The fourth-order valence-electron chi connectivity index (χ4n) is 1.97. The van der Waals surface area contributed by atoms with Crippen LogP contribution in [0, 0.1) is 11.3 Å². The smallest absolute Gasteiger partial charge is 0.410 e. The summed E-state index contributed by atoms with van der Waals surface area (Å²) in [5, 5.41) is 8.78. The first-order valence-electron chi connectivity index (χ1n) is 5.99. The van der Waals surface area contributed by atoms with Gasteiger partial charge in [-0.3, -0.25) is 9.47 Å². The molecule has 0 bridgehead atoms. The molecule has 0 saturated carbocycles. The Kier molecular flexibility index (Phi) is 3.38. The van der Waals surface area contributed by atoms with Crippen LogP contribution < -0.4 is 0 Å². The minimum absolute atomic E-state index is 0.0384. The van der Waals surface area contributed by atoms with Crippen LogP contribution in [0.25, 0.3) is 0 Å². The Labute approximate surface area is 114 Å². The van der Waals surface area contributed by atoms with Crippen molar-refractivity contribution in [1.29, 1.82) is 5.26 Å². The molecule has 6 nitrogen and oxygen atoms in total. The molecule has 0 aliphatic carbocycles. The van der Waals surface area contributed by atoms with Crippen LogP contribution in [0.4, 0.5) is 13.6 Å². The van der Waals surface area contributed by atoms with Crippen LogP contribution in [-0.2, 0) is 17.8 Å². The zero-order chi connectivity index (χ0) is 15.1. The number of nitrogens with zero attached hydrogens (tertiary/aromatic N) is 4. The van der Waals surface area contributed by atoms with Crippen LogP contribution in [0.2, 0.25) is 0 Å². The maximum atomic E-state index is 12.9. The third-order valence-corrected chi connectivity index (χ3v) is 2.72. The molecule has 20 heavy (non-hydrogen) atoms. The summed E-state index contributed by atoms with van der Waals surface area (Å²) in [7, 11) is 0. The third-order valence-electron chi connectivity index (χ3n) is 2.72. The predicted octanol–water partition coefficient (Wildman–Crippen LogP) is 2.40. The summed E-state index contributed by atoms with van der Waals surface area (Å²) >= 11 is 0. The number of ether oxygens (including phenoxy) is 1. The Hall–Kier alpha value is -2.17. The van der Waals surface area contributed by atoms with Crippen molar-refractivity contribution in [3.05, 3.63) is 17.2 Å². The van der Waals surface area contributed by atoms with Crippen LogP contribution in [0.15, 0.2) is 0 Å². The normalized spacial score (nSPS) is 14.3. The van der Waals surface area contributed by atoms with Crippen molar-refractivity contribution >= 4 is 6.09 Å². The average Bonchev–Trinajstić information content (AvgIpc) is 2.81. The van der Waals surface area contributed by atoms with Crippen molar-refractivity contribution in [2.24, 2.45) is 0 Å². The van der Waals surface area contributed by atoms with Gasteiger partial charge in [0.25, 0.3) is 0 Å². The van der Waals surface area contributed by atoms with Crippen LogP contribution in [0.5, 0.6) is 0 Å². The van der Waals surface area contributed by atoms with Gasteiger partial charge in [-0.15, -0.1) is 0 Å². The Morgan fingerprint density at radius 3 is 2.60 bits per heavy atom. The third kappa shape index (κ3) is 2.57. The number of carbonyl (C=O) groups is 1. The van der Waals surface area contributed by atoms with E-state index in [1.807, 2.05) is 0 Å². The van der Waals surface area contributed by atoms with E-state index in [1.165, 1.54) is 4.90 Å². The second kappa shape index (κ2) is 4.74. The molecule has 0 atom stereocenters. The van der Waals surface area contributed by atoms with Gasteiger partial charge in [0.1, 0.15) is 11.7 Å². The summed E-state index contributed by atoms with van der Waals surface area (Å²) in [6.45, 7) is 2.33. The first-order chi connectivity index (χ1) is 9.23. The summed E-state index contributed by atoms with van der Waals surface area (Å²) in [6.07, 6.45) is -0.588. The number of nitriles is 1. The maximum absolute atomic E-state index is 12.9. The standard InChI is InChI=1S/C12H14F2N4O2/c1-12(2,3)20-11(19)17-5-7-8(6-17)18(10(13)14)9(4-15)16-7/h10H,5-6H2,1-3H3. The van der Waals surface area contributed by atoms with Gasteiger partial charge in [-0.05, 0) is 20.8 Å². The van der Waals surface area contributed by atoms with Gasteiger partial charge < -0.3 is 4.74 Å². The Bertz CT molecular complexity index is 584. The molecule has 0 N–H and O–H groups in total. The van der Waals surface area contributed by atoms with E-state index in [0.717, 1.165) is 0 Å². The summed E-state index contributed by atoms with van der Waals surface area (Å²) in [6, 6.07) is 1.63. The van der Waals surface area contributed by atoms with E-state index >= 15 is 0 Å². The molecule has 0 spiro atoms. The molecule has 1 aliphatic heterocycles. The fourth-order valence-corrected chi connectivity index (χ4v) is 1.97. The number of fused-ring (bicyclic) bond motifs is 1. The van der Waals surface area contributed by atoms with E-state index in [1.54, 1.807) is 26.8 Å². The molecule has 0 saturated heterocycles. The predicted molar refractivity (Wildman–Crippen MR) is 63.7 cm³/mol. The number of hydrogen-bond donors (Lipinski definition) is 0. The molecule has 2 heterocycles. The summed E-state index contributed by atoms with van der Waals surface area (Å²) < 4.78 is 31.6. The highest BCUT2D eigenvalue weighted by atomic mass is 19.3. The Morgan fingerprint density at radius 1 is 1.45 bits per heavy atom. The minimum atomic E-state index is -2.86. The van der Waals surface area contributed by atoms with E-state index in [9.17, 15) is 13.6 Å². The molecular formula is C12H14F2N4O2. The first-order valence-corrected chi connectivity index (χ1v) is 5.99. The van der Waals surface area contributed by atoms with Crippen molar-refractivity contribution < 1.29 is 18.3 Å². The minimum Gasteiger partial charge on any atom is -0.444 e. The zero-order valence-electron chi connectivity index (χ0n) is 11.4. The molecule has 8 heteroatoms. The van der Waals surface area contributed by atoms with Gasteiger partial charge in [0, 0.05) is 0 Å². The van der Waals surface area contributed by atoms with Crippen molar-refractivity contribution in [1.82, 2.24) is 14.5 Å². The molecule has 0 radical (unpaired) electrons. The molecule has 1 aromatic rings. The van der Waals surface area contributed by atoms with Crippen LogP contribution in [0.1, 0.15) is 44.5 Å². The van der Waals surface area contributed by atoms with Gasteiger partial charge in [0.05, 0.1) is 24.5 Å². The van der Waals surface area contributed by atoms with E-state index < -0.39 is 18.2 Å². The van der Waals surface area contributed by atoms with Gasteiger partial charge in [-0.2, -0.15) is 14.0 Å². The topological polar surface area (TPSA) is 71.2 Å². The Morgan fingerprint density at radius 2 is 2.10 bits per heavy atom. The summed E-state index contributed by atoms with van der Waals surface area (Å²) in [4.78, 5) is 17.0. The molecular weight excluding hydrogens is 270 g/mol. The lowest BCUT2D eigenvalue weighted by Crippen LogP contribution is -2.33. The average molecular weight is 284 g/mol. The molecule has 0 fully saturated rings. The van der Waals surface area contributed by atoms with Gasteiger partial charge in [0.2, 0.25) is 5.82 Å². The van der Waals surface area contributed by atoms with E-state index in [0.29, 0.717) is 10.3 Å². The zero-order valence-corrected chi connectivity index (χ0v) is 11.4. The van der Waals surface area contributed by atoms with Gasteiger partial charge in [0.15, 0.2) is 0 Å². The number of carbonyl (C=O) groups excluding carboxylic acids is 1. The largest absolute Gasteiger partial charge is 0.444 e. The van der Waals surface area contributed by atoms with Crippen molar-refractivity contribution in [2.45, 2.75) is 46.0 Å². The number of aromatic nitrogens is 2. The highest BCUT2D eigenvalue weighted by molar-refractivity contribution is 5.69. The second-order valence-electron chi connectivity index (χ2n) is 5.42. The highest BCUT2D eigenvalue weighted by Crippen LogP contribution is 2.28. The van der Waals surface area contributed by atoms with Gasteiger partial charge in [-0.1, -0.05) is 0 Å².